The van der Waals surface area contributed by atoms with Gasteiger partial charge in [0.05, 0.1) is 6.61 Å². The average Bonchev–Trinajstić information content (AvgIpc) is 2.61. The summed E-state index contributed by atoms with van der Waals surface area (Å²) in [7, 11) is 0. The topological polar surface area (TPSA) is 38.3 Å². The number of ether oxygens (including phenoxy) is 1. The number of alkyl halides is 4. The summed E-state index contributed by atoms with van der Waals surface area (Å²) in [6.07, 6.45) is -3.81. The second-order valence-corrected chi connectivity index (χ2v) is 5.53. The van der Waals surface area contributed by atoms with Gasteiger partial charge in [-0.25, -0.2) is 13.2 Å². The second-order valence-electron chi connectivity index (χ2n) is 5.53. The van der Waals surface area contributed by atoms with Crippen molar-refractivity contribution < 1.29 is 31.5 Å². The van der Waals surface area contributed by atoms with Crippen molar-refractivity contribution in [1.82, 2.24) is 5.32 Å². The molecule has 0 unspecified atom stereocenters. The minimum absolute atomic E-state index is 0.0210. The number of benzene rings is 2. The number of rotatable bonds is 8. The molecule has 0 saturated carbocycles. The van der Waals surface area contributed by atoms with Crippen molar-refractivity contribution in [2.75, 3.05) is 6.61 Å². The number of carbonyl (C=O) groups is 1. The molecule has 0 bridgehead atoms. The molecule has 0 aliphatic carbocycles. The smallest absolute Gasteiger partial charge is 0.330 e. The molecular formula is C18H16F5NO2. The number of halogens is 5. The lowest BCUT2D eigenvalue weighted by Crippen LogP contribution is -2.32. The van der Waals surface area contributed by atoms with Crippen LogP contribution < -0.4 is 5.32 Å². The zero-order valence-corrected chi connectivity index (χ0v) is 13.5. The molecule has 0 saturated heterocycles. The Balaban J connectivity index is 1.91. The largest absolute Gasteiger partial charge is 0.370 e. The molecule has 0 atom stereocenters. The highest BCUT2D eigenvalue weighted by Crippen LogP contribution is 2.23. The summed E-state index contributed by atoms with van der Waals surface area (Å²) < 4.78 is 67.8. The van der Waals surface area contributed by atoms with Gasteiger partial charge in [-0.15, -0.1) is 0 Å². The van der Waals surface area contributed by atoms with Crippen LogP contribution >= 0.6 is 0 Å². The highest BCUT2D eigenvalue weighted by atomic mass is 19.3. The second kappa shape index (κ2) is 8.75. The standard InChI is InChI=1S/C18H16F5NO2/c19-15-7-2-1-5-14(15)9-24-16(25)13-6-3-4-12(8-13)10-26-11-18(22,23)17(20)21/h1-8,17H,9-11H2,(H,24,25). The Bertz CT molecular complexity index is 752. The number of hydrogen-bond donors (Lipinski definition) is 1. The number of carbonyl (C=O) groups excluding carboxylic acids is 1. The summed E-state index contributed by atoms with van der Waals surface area (Å²) in [6, 6.07) is 11.8. The average molecular weight is 373 g/mol. The Morgan fingerprint density at radius 2 is 1.85 bits per heavy atom. The van der Waals surface area contributed by atoms with E-state index in [0.29, 0.717) is 11.1 Å². The molecule has 0 fully saturated rings. The van der Waals surface area contributed by atoms with E-state index < -0.39 is 30.7 Å². The molecule has 1 amide bonds. The Labute approximate surface area is 146 Å². The van der Waals surface area contributed by atoms with E-state index in [1.165, 1.54) is 42.5 Å². The van der Waals surface area contributed by atoms with E-state index in [-0.39, 0.29) is 18.7 Å². The van der Waals surface area contributed by atoms with Gasteiger partial charge in [-0.1, -0.05) is 30.3 Å². The first-order valence-corrected chi connectivity index (χ1v) is 7.64. The highest BCUT2D eigenvalue weighted by Gasteiger charge is 2.40. The zero-order valence-electron chi connectivity index (χ0n) is 13.5. The fourth-order valence-corrected chi connectivity index (χ4v) is 2.09. The third kappa shape index (κ3) is 5.52. The maximum atomic E-state index is 13.5. The van der Waals surface area contributed by atoms with Crippen LogP contribution in [0.4, 0.5) is 22.0 Å². The molecule has 2 aromatic carbocycles. The molecule has 0 aliphatic heterocycles. The summed E-state index contributed by atoms with van der Waals surface area (Å²) in [5.74, 6) is -5.17. The maximum absolute atomic E-state index is 13.5. The normalized spacial score (nSPS) is 11.6. The predicted molar refractivity (Wildman–Crippen MR) is 84.6 cm³/mol. The van der Waals surface area contributed by atoms with Crippen LogP contribution in [0.3, 0.4) is 0 Å². The van der Waals surface area contributed by atoms with Gasteiger partial charge in [0.15, 0.2) is 0 Å². The van der Waals surface area contributed by atoms with Crippen LogP contribution in [-0.4, -0.2) is 24.9 Å². The van der Waals surface area contributed by atoms with E-state index in [4.69, 9.17) is 0 Å². The molecule has 0 aliphatic rings. The lowest BCUT2D eigenvalue weighted by atomic mass is 10.1. The molecule has 0 spiro atoms. The molecule has 3 nitrogen and oxygen atoms in total. The van der Waals surface area contributed by atoms with Crippen molar-refractivity contribution >= 4 is 5.91 Å². The lowest BCUT2D eigenvalue weighted by molar-refractivity contribution is -0.168. The summed E-state index contributed by atoms with van der Waals surface area (Å²) in [6.45, 7) is -1.79. The van der Waals surface area contributed by atoms with E-state index in [1.807, 2.05) is 0 Å². The van der Waals surface area contributed by atoms with E-state index >= 15 is 0 Å². The molecule has 0 radical (unpaired) electrons. The van der Waals surface area contributed by atoms with Gasteiger partial charge in [0, 0.05) is 17.7 Å². The van der Waals surface area contributed by atoms with Gasteiger partial charge in [-0.05, 0) is 23.8 Å². The molecule has 2 aromatic rings. The monoisotopic (exact) mass is 373 g/mol. The van der Waals surface area contributed by atoms with Gasteiger partial charge in [0.2, 0.25) is 0 Å². The van der Waals surface area contributed by atoms with Gasteiger partial charge in [-0.3, -0.25) is 4.79 Å². The van der Waals surface area contributed by atoms with Crippen molar-refractivity contribution in [2.45, 2.75) is 25.5 Å². The third-order valence-corrected chi connectivity index (χ3v) is 3.47. The van der Waals surface area contributed by atoms with E-state index in [2.05, 4.69) is 10.1 Å². The van der Waals surface area contributed by atoms with Crippen LogP contribution in [0.15, 0.2) is 48.5 Å². The van der Waals surface area contributed by atoms with Crippen molar-refractivity contribution in [2.24, 2.45) is 0 Å². The first kappa shape index (κ1) is 19.8. The summed E-state index contributed by atoms with van der Waals surface area (Å²) >= 11 is 0. The molecular weight excluding hydrogens is 357 g/mol. The third-order valence-electron chi connectivity index (χ3n) is 3.47. The molecule has 0 heterocycles. The van der Waals surface area contributed by atoms with Crippen molar-refractivity contribution in [3.8, 4) is 0 Å². The zero-order chi connectivity index (χ0) is 19.2. The first-order valence-electron chi connectivity index (χ1n) is 7.64. The van der Waals surface area contributed by atoms with Crippen molar-refractivity contribution in [3.63, 3.8) is 0 Å². The number of hydrogen-bond acceptors (Lipinski definition) is 2. The van der Waals surface area contributed by atoms with Gasteiger partial charge in [-0.2, -0.15) is 8.78 Å². The molecule has 140 valence electrons. The first-order chi connectivity index (χ1) is 12.3. The fraction of sp³-hybridized carbons (Fsp3) is 0.278. The lowest BCUT2D eigenvalue weighted by Gasteiger charge is -2.15. The SMILES string of the molecule is O=C(NCc1ccccc1F)c1cccc(COCC(F)(F)C(F)F)c1. The van der Waals surface area contributed by atoms with Gasteiger partial charge >= 0.3 is 12.3 Å². The Morgan fingerprint density at radius 3 is 2.54 bits per heavy atom. The summed E-state index contributed by atoms with van der Waals surface area (Å²) in [5.41, 5.74) is 0.895. The minimum Gasteiger partial charge on any atom is -0.370 e. The van der Waals surface area contributed by atoms with Crippen molar-refractivity contribution in [1.29, 1.82) is 0 Å². The van der Waals surface area contributed by atoms with Crippen LogP contribution in [0, 0.1) is 5.82 Å². The molecule has 0 aromatic heterocycles. The number of nitrogens with one attached hydrogen (secondary N) is 1. The Hall–Kier alpha value is -2.48. The quantitative estimate of drug-likeness (QED) is 0.706. The fourth-order valence-electron chi connectivity index (χ4n) is 2.09. The van der Waals surface area contributed by atoms with Crippen LogP contribution in [0.25, 0.3) is 0 Å². The van der Waals surface area contributed by atoms with Gasteiger partial charge < -0.3 is 10.1 Å². The summed E-state index contributed by atoms with van der Waals surface area (Å²) in [5, 5.41) is 2.54. The van der Waals surface area contributed by atoms with Crippen LogP contribution in [0.5, 0.6) is 0 Å². The van der Waals surface area contributed by atoms with Gasteiger partial charge in [0.1, 0.15) is 12.4 Å². The molecule has 8 heteroatoms. The number of amides is 1. The predicted octanol–water partition coefficient (Wildman–Crippen LogP) is 4.17. The highest BCUT2D eigenvalue weighted by molar-refractivity contribution is 5.94. The molecule has 26 heavy (non-hydrogen) atoms. The van der Waals surface area contributed by atoms with E-state index in [0.717, 1.165) is 0 Å². The van der Waals surface area contributed by atoms with Crippen molar-refractivity contribution in [3.05, 3.63) is 71.0 Å². The van der Waals surface area contributed by atoms with E-state index in [9.17, 15) is 26.7 Å². The van der Waals surface area contributed by atoms with Crippen LogP contribution in [0.2, 0.25) is 0 Å². The minimum atomic E-state index is -4.23. The molecule has 2 rings (SSSR count). The Morgan fingerprint density at radius 1 is 1.12 bits per heavy atom. The van der Waals surface area contributed by atoms with E-state index in [1.54, 1.807) is 6.07 Å². The van der Waals surface area contributed by atoms with Gasteiger partial charge in [0.25, 0.3) is 5.91 Å². The summed E-state index contributed by atoms with van der Waals surface area (Å²) in [4.78, 5) is 12.1. The van der Waals surface area contributed by atoms with Crippen LogP contribution in [-0.2, 0) is 17.9 Å². The Kier molecular flexibility index (Phi) is 6.68. The molecule has 1 N–H and O–H groups in total. The van der Waals surface area contributed by atoms with Crippen LogP contribution in [0.1, 0.15) is 21.5 Å². The maximum Gasteiger partial charge on any atom is 0.330 e.